The van der Waals surface area contributed by atoms with Crippen molar-refractivity contribution in [3.05, 3.63) is 53.6 Å². The van der Waals surface area contributed by atoms with E-state index in [9.17, 15) is 4.79 Å². The second-order valence-corrected chi connectivity index (χ2v) is 7.58. The summed E-state index contributed by atoms with van der Waals surface area (Å²) < 4.78 is 10.5. The molecule has 1 amide bonds. The van der Waals surface area contributed by atoms with Crippen molar-refractivity contribution in [1.29, 1.82) is 0 Å². The van der Waals surface area contributed by atoms with E-state index in [1.165, 1.54) is 10.9 Å². The van der Waals surface area contributed by atoms with E-state index in [1.807, 2.05) is 0 Å². The summed E-state index contributed by atoms with van der Waals surface area (Å²) in [6.07, 6.45) is 0.373. The highest BCUT2D eigenvalue weighted by Gasteiger charge is 2.10. The number of aromatic nitrogens is 1. The molecule has 0 atom stereocenters. The molecule has 5 nitrogen and oxygen atoms in total. The summed E-state index contributed by atoms with van der Waals surface area (Å²) >= 11 is 1.59. The van der Waals surface area contributed by atoms with Crippen molar-refractivity contribution < 1.29 is 14.3 Å². The fourth-order valence-electron chi connectivity index (χ4n) is 2.98. The maximum Gasteiger partial charge on any atom is 0.225 e. The summed E-state index contributed by atoms with van der Waals surface area (Å²) in [5.74, 6) is 1.83. The highest BCUT2D eigenvalue weighted by molar-refractivity contribution is 7.99. The SMILES string of the molecule is COc1ccc(OC)c(NC(=O)CCSc2cc(C)c3cccc(C)c3n2)c1. The normalized spacial score (nSPS) is 10.7. The van der Waals surface area contributed by atoms with E-state index in [4.69, 9.17) is 14.5 Å². The van der Waals surface area contributed by atoms with Gasteiger partial charge < -0.3 is 14.8 Å². The van der Waals surface area contributed by atoms with Crippen LogP contribution in [-0.2, 0) is 4.79 Å². The molecule has 28 heavy (non-hydrogen) atoms. The first-order chi connectivity index (χ1) is 13.5. The Morgan fingerprint density at radius 3 is 2.64 bits per heavy atom. The van der Waals surface area contributed by atoms with Gasteiger partial charge >= 0.3 is 0 Å². The molecule has 0 aliphatic carbocycles. The fourth-order valence-corrected chi connectivity index (χ4v) is 3.89. The number of para-hydroxylation sites is 1. The molecule has 0 saturated carbocycles. The summed E-state index contributed by atoms with van der Waals surface area (Å²) in [6.45, 7) is 4.16. The lowest BCUT2D eigenvalue weighted by atomic mass is 10.1. The number of aryl methyl sites for hydroxylation is 2. The van der Waals surface area contributed by atoms with Crippen LogP contribution in [0.25, 0.3) is 10.9 Å². The monoisotopic (exact) mass is 396 g/mol. The van der Waals surface area contributed by atoms with Gasteiger partial charge in [-0.05, 0) is 43.2 Å². The Morgan fingerprint density at radius 1 is 1.07 bits per heavy atom. The van der Waals surface area contributed by atoms with Gasteiger partial charge in [0.15, 0.2) is 0 Å². The average molecular weight is 397 g/mol. The largest absolute Gasteiger partial charge is 0.497 e. The first kappa shape index (κ1) is 20.0. The topological polar surface area (TPSA) is 60.5 Å². The molecular weight excluding hydrogens is 372 g/mol. The number of carbonyl (C=O) groups excluding carboxylic acids is 1. The minimum absolute atomic E-state index is 0.0762. The lowest BCUT2D eigenvalue weighted by Gasteiger charge is -2.12. The molecular formula is C22H24N2O3S. The van der Waals surface area contributed by atoms with Gasteiger partial charge in [0, 0.05) is 23.6 Å². The van der Waals surface area contributed by atoms with E-state index in [0.29, 0.717) is 29.4 Å². The van der Waals surface area contributed by atoms with Gasteiger partial charge in [-0.3, -0.25) is 4.79 Å². The second kappa shape index (κ2) is 8.97. The molecule has 1 aromatic heterocycles. The van der Waals surface area contributed by atoms with Crippen LogP contribution in [0.2, 0.25) is 0 Å². The predicted octanol–water partition coefficient (Wildman–Crippen LogP) is 4.99. The molecule has 2 aromatic carbocycles. The van der Waals surface area contributed by atoms with Gasteiger partial charge in [0.25, 0.3) is 0 Å². The van der Waals surface area contributed by atoms with E-state index in [0.717, 1.165) is 16.1 Å². The Labute approximate surface area is 169 Å². The van der Waals surface area contributed by atoms with Crippen LogP contribution >= 0.6 is 11.8 Å². The summed E-state index contributed by atoms with van der Waals surface area (Å²) in [5, 5.41) is 5.00. The summed E-state index contributed by atoms with van der Waals surface area (Å²) in [5.41, 5.74) is 3.98. The highest BCUT2D eigenvalue weighted by Crippen LogP contribution is 2.29. The molecule has 0 fully saturated rings. The summed E-state index contributed by atoms with van der Waals surface area (Å²) in [4.78, 5) is 17.1. The highest BCUT2D eigenvalue weighted by atomic mass is 32.2. The van der Waals surface area contributed by atoms with Gasteiger partial charge in [0.2, 0.25) is 5.91 Å². The number of benzene rings is 2. The number of thioether (sulfide) groups is 1. The maximum atomic E-state index is 12.4. The quantitative estimate of drug-likeness (QED) is 0.570. The van der Waals surface area contributed by atoms with Gasteiger partial charge in [-0.25, -0.2) is 4.98 Å². The van der Waals surface area contributed by atoms with Crippen LogP contribution in [0.5, 0.6) is 11.5 Å². The summed E-state index contributed by atoms with van der Waals surface area (Å²) in [6, 6.07) is 13.6. The molecule has 3 rings (SSSR count). The molecule has 146 valence electrons. The molecule has 1 N–H and O–H groups in total. The van der Waals surface area contributed by atoms with E-state index < -0.39 is 0 Å². The lowest BCUT2D eigenvalue weighted by Crippen LogP contribution is -2.13. The third-order valence-corrected chi connectivity index (χ3v) is 5.40. The van der Waals surface area contributed by atoms with Gasteiger partial charge in [-0.15, -0.1) is 11.8 Å². The number of fused-ring (bicyclic) bond motifs is 1. The number of ether oxygens (including phenoxy) is 2. The smallest absolute Gasteiger partial charge is 0.225 e. The molecule has 1 heterocycles. The number of nitrogens with zero attached hydrogens (tertiary/aromatic N) is 1. The van der Waals surface area contributed by atoms with E-state index >= 15 is 0 Å². The number of methoxy groups -OCH3 is 2. The number of hydrogen-bond acceptors (Lipinski definition) is 5. The van der Waals surface area contributed by atoms with Gasteiger partial charge in [0.1, 0.15) is 11.5 Å². The van der Waals surface area contributed by atoms with Crippen molar-refractivity contribution in [1.82, 2.24) is 4.98 Å². The molecule has 0 bridgehead atoms. The van der Waals surface area contributed by atoms with Crippen molar-refractivity contribution in [2.24, 2.45) is 0 Å². The van der Waals surface area contributed by atoms with Gasteiger partial charge in [0.05, 0.1) is 30.4 Å². The van der Waals surface area contributed by atoms with E-state index in [1.54, 1.807) is 44.2 Å². The van der Waals surface area contributed by atoms with Crippen LogP contribution in [0.4, 0.5) is 5.69 Å². The van der Waals surface area contributed by atoms with Gasteiger partial charge in [-0.1, -0.05) is 18.2 Å². The molecule has 0 radical (unpaired) electrons. The molecule has 0 spiro atoms. The number of hydrogen-bond donors (Lipinski definition) is 1. The third-order valence-electron chi connectivity index (χ3n) is 4.48. The Bertz CT molecular complexity index is 1000. The molecule has 0 unspecified atom stereocenters. The van der Waals surface area contributed by atoms with Gasteiger partial charge in [-0.2, -0.15) is 0 Å². The van der Waals surface area contributed by atoms with Crippen LogP contribution in [-0.4, -0.2) is 30.9 Å². The fraction of sp³-hybridized carbons (Fsp3) is 0.273. The van der Waals surface area contributed by atoms with E-state index in [2.05, 4.69) is 43.4 Å². The van der Waals surface area contributed by atoms with Crippen molar-refractivity contribution >= 4 is 34.3 Å². The zero-order chi connectivity index (χ0) is 20.1. The second-order valence-electron chi connectivity index (χ2n) is 6.46. The molecule has 0 saturated heterocycles. The van der Waals surface area contributed by atoms with Crippen LogP contribution in [0, 0.1) is 13.8 Å². The molecule has 0 aliphatic rings. The van der Waals surface area contributed by atoms with Crippen molar-refractivity contribution in [3.8, 4) is 11.5 Å². The summed E-state index contributed by atoms with van der Waals surface area (Å²) in [7, 11) is 3.16. The van der Waals surface area contributed by atoms with Crippen LogP contribution < -0.4 is 14.8 Å². The zero-order valence-corrected chi connectivity index (χ0v) is 17.4. The number of anilines is 1. The number of rotatable bonds is 7. The van der Waals surface area contributed by atoms with Crippen molar-refractivity contribution in [3.63, 3.8) is 0 Å². The number of amides is 1. The first-order valence-corrected chi connectivity index (χ1v) is 10.0. The number of carbonyl (C=O) groups is 1. The Hall–Kier alpha value is -2.73. The number of pyridine rings is 1. The molecule has 3 aromatic rings. The minimum atomic E-state index is -0.0762. The molecule has 0 aliphatic heterocycles. The van der Waals surface area contributed by atoms with Crippen molar-refractivity contribution in [2.45, 2.75) is 25.3 Å². The Kier molecular flexibility index (Phi) is 6.41. The standard InChI is InChI=1S/C22H24N2O3S/c1-14-6-5-7-17-15(2)12-21(24-22(14)17)28-11-10-20(25)23-18-13-16(26-3)8-9-19(18)27-4/h5-9,12-13H,10-11H2,1-4H3,(H,23,25). The van der Waals surface area contributed by atoms with Crippen LogP contribution in [0.3, 0.4) is 0 Å². The minimum Gasteiger partial charge on any atom is -0.497 e. The number of nitrogens with one attached hydrogen (secondary N) is 1. The first-order valence-electron chi connectivity index (χ1n) is 9.03. The van der Waals surface area contributed by atoms with E-state index in [-0.39, 0.29) is 5.91 Å². The maximum absolute atomic E-state index is 12.4. The van der Waals surface area contributed by atoms with Crippen molar-refractivity contribution in [2.75, 3.05) is 25.3 Å². The lowest BCUT2D eigenvalue weighted by molar-refractivity contribution is -0.115. The third kappa shape index (κ3) is 4.57. The van der Waals surface area contributed by atoms with Crippen LogP contribution in [0.1, 0.15) is 17.5 Å². The predicted molar refractivity (Wildman–Crippen MR) is 115 cm³/mol. The zero-order valence-electron chi connectivity index (χ0n) is 16.5. The Balaban J connectivity index is 1.63. The molecule has 6 heteroatoms. The Morgan fingerprint density at radius 2 is 1.89 bits per heavy atom. The average Bonchev–Trinajstić information content (AvgIpc) is 2.69. The van der Waals surface area contributed by atoms with Crippen LogP contribution in [0.15, 0.2) is 47.5 Å².